The van der Waals surface area contributed by atoms with E-state index in [1.54, 1.807) is 11.8 Å². The molecule has 0 amide bonds. The van der Waals surface area contributed by atoms with Gasteiger partial charge in [0.05, 0.1) is 46.4 Å². The minimum Gasteiger partial charge on any atom is -0.379 e. The van der Waals surface area contributed by atoms with Crippen LogP contribution in [0.3, 0.4) is 0 Å². The number of carbonyl (C=O) groups is 6. The maximum absolute atomic E-state index is 13.8. The Balaban J connectivity index is 0.000000139. The first kappa shape index (κ1) is 114. The zero-order valence-electron chi connectivity index (χ0n) is 90.0. The number of morpholine rings is 1. The maximum atomic E-state index is 13.8. The zero-order valence-corrected chi connectivity index (χ0v) is 91.6. The van der Waals surface area contributed by atoms with Crippen molar-refractivity contribution in [1.82, 2.24) is 77.3 Å². The van der Waals surface area contributed by atoms with Crippen molar-refractivity contribution < 1.29 is 33.5 Å². The molecule has 11 heterocycles. The first-order valence-electron chi connectivity index (χ1n) is 55.8. The molecule has 19 rings (SSSR count). The standard InChI is InChI=1S/C23H36N4O.C21H32N4O.C20H30N4O.C19H29N3O2.C18H27N3OS.C16H24N2OS/c28-22(20-6-8-21(9-7-20)26-16-4-12-24-14-18-26)23(10-2-1-3-11-23)27-17-5-13-25-15-19-27;1-3-9-21(4-2,25-16-12-23-13-17-25)20(26)18-5-7-19(8-6-18)24-14-10-22-11-15-24;25-19(20(7-1-2-8-20)24-15-11-22-12-16-24)17-3-5-18(6-4-17)23-13-9-21-10-14-23;1-19(2,22-12-14-24-15-13-22)18(23)16-4-6-17(7-5-16)21-10-3-8-20-9-11-21;1-18(2,21-11-13-23-14-12-21)17(22)15-3-5-16(6-4-15)20-9-7-19-8-10-20;1-16(2,18-11-4-9-17-10-12-18)15(19)13-5-7-14(20-3)8-6-13/h6-9,24-25H,1-5,10-19H2;3,5-8,22-23H,1,4,9-17H2,2H3;3-6,21-22H,1-2,7-16H2;4-7,20H,3,8-15H2,1-2H3;3-6,19H,7-14H2,1-2H3;5-8,17H,4,9-12H2,1-3H3. The van der Waals surface area contributed by atoms with Gasteiger partial charge in [-0.1, -0.05) is 57.2 Å². The molecule has 27 nitrogen and oxygen atoms in total. The highest BCUT2D eigenvalue weighted by molar-refractivity contribution is 7.99. The van der Waals surface area contributed by atoms with Crippen molar-refractivity contribution in [3.8, 4) is 0 Å². The summed E-state index contributed by atoms with van der Waals surface area (Å²) in [4.78, 5) is 107. The van der Waals surface area contributed by atoms with Crippen LogP contribution in [-0.2, 0) is 4.74 Å². The fourth-order valence-corrected chi connectivity index (χ4v) is 25.2. The molecule has 800 valence electrons. The van der Waals surface area contributed by atoms with Gasteiger partial charge in [0.2, 0.25) is 0 Å². The lowest BCUT2D eigenvalue weighted by Gasteiger charge is -2.45. The van der Waals surface area contributed by atoms with Gasteiger partial charge in [0.15, 0.2) is 34.7 Å². The van der Waals surface area contributed by atoms with Gasteiger partial charge >= 0.3 is 0 Å². The molecule has 11 aliphatic heterocycles. The van der Waals surface area contributed by atoms with Crippen LogP contribution in [0.2, 0.25) is 0 Å². The van der Waals surface area contributed by atoms with Crippen LogP contribution in [-0.4, -0.2) is 390 Å². The van der Waals surface area contributed by atoms with Crippen molar-refractivity contribution in [1.29, 1.82) is 0 Å². The van der Waals surface area contributed by atoms with Gasteiger partial charge in [-0.2, -0.15) is 11.8 Å². The van der Waals surface area contributed by atoms with Crippen molar-refractivity contribution in [3.05, 3.63) is 192 Å². The normalized spacial score (nSPS) is 21.7. The number of carbonyl (C=O) groups excluding carboxylic acids is 6. The van der Waals surface area contributed by atoms with Crippen molar-refractivity contribution >= 4 is 86.7 Å². The molecular formula is C117H178N20O7S2. The van der Waals surface area contributed by atoms with Gasteiger partial charge in [0, 0.05) is 314 Å². The third-order valence-electron chi connectivity index (χ3n) is 33.1. The largest absolute Gasteiger partial charge is 0.379 e. The number of thioether (sulfide) groups is 2. The number of hydrogen-bond donors (Lipinski definition) is 9. The summed E-state index contributed by atoms with van der Waals surface area (Å²) in [5.41, 5.74) is 8.80. The third kappa shape index (κ3) is 29.9. The van der Waals surface area contributed by atoms with E-state index in [9.17, 15) is 28.8 Å². The molecule has 6 aromatic carbocycles. The van der Waals surface area contributed by atoms with E-state index >= 15 is 0 Å². The molecule has 29 heteroatoms. The molecule has 0 aromatic heterocycles. The molecule has 1 unspecified atom stereocenters. The second-order valence-electron chi connectivity index (χ2n) is 43.1. The van der Waals surface area contributed by atoms with Crippen LogP contribution in [0.15, 0.2) is 163 Å². The monoisotopic (exact) mass is 2040 g/mol. The van der Waals surface area contributed by atoms with Crippen LogP contribution in [0.1, 0.15) is 207 Å². The molecule has 0 spiro atoms. The first-order valence-corrected chi connectivity index (χ1v) is 58.2. The van der Waals surface area contributed by atoms with E-state index in [1.807, 2.05) is 112 Å². The van der Waals surface area contributed by atoms with Crippen LogP contribution in [0, 0.1) is 0 Å². The lowest BCUT2D eigenvalue weighted by molar-refractivity contribution is -0.00430. The van der Waals surface area contributed by atoms with E-state index in [4.69, 9.17) is 4.74 Å². The molecule has 146 heavy (non-hydrogen) atoms. The Kier molecular flexibility index (Phi) is 44.4. The molecule has 0 radical (unpaired) electrons. The van der Waals surface area contributed by atoms with Crippen molar-refractivity contribution in [2.45, 2.75) is 183 Å². The van der Waals surface area contributed by atoms with Crippen LogP contribution in [0.4, 0.5) is 28.4 Å². The summed E-state index contributed by atoms with van der Waals surface area (Å²) in [6.07, 6.45) is 20.1. The summed E-state index contributed by atoms with van der Waals surface area (Å²) in [6, 6.07) is 49.4. The van der Waals surface area contributed by atoms with E-state index in [0.717, 1.165) is 358 Å². The Morgan fingerprint density at radius 3 is 0.938 bits per heavy atom. The third-order valence-corrected chi connectivity index (χ3v) is 34.8. The highest BCUT2D eigenvalue weighted by Gasteiger charge is 2.49. The fraction of sp³-hybridized carbons (Fsp3) is 0.624. The van der Waals surface area contributed by atoms with Gasteiger partial charge in [-0.15, -0.1) is 18.3 Å². The van der Waals surface area contributed by atoms with E-state index in [-0.39, 0.29) is 34.2 Å². The summed E-state index contributed by atoms with van der Waals surface area (Å²) in [5, 5.41) is 30.7. The smallest absolute Gasteiger partial charge is 0.183 e. The first-order chi connectivity index (χ1) is 71.0. The Morgan fingerprint density at radius 2 is 0.589 bits per heavy atom. The molecule has 13 aliphatic rings. The second kappa shape index (κ2) is 57.0. The molecule has 9 N–H and O–H groups in total. The quantitative estimate of drug-likeness (QED) is 0.0132. The lowest BCUT2D eigenvalue weighted by Crippen LogP contribution is -2.59. The zero-order chi connectivity index (χ0) is 103. The molecule has 11 saturated heterocycles. The summed E-state index contributed by atoms with van der Waals surface area (Å²) in [5.74, 6) is 3.82. The van der Waals surface area contributed by atoms with Crippen molar-refractivity contribution in [2.75, 3.05) is 317 Å². The SMILES string of the molecule is C=CCC(CC)(C(=O)c1ccc(N2CCNCC2)cc1)N1CCNCC1.CC(C)(C(=O)c1ccc(N2CCCNCC2)cc1)N1CCOCC1.CC(C)(C(=O)c1ccc(N2CCNCC2)cc1)N1CCSCC1.CSc1ccc(C(=O)C(C)(C)N2CCCNCC2)cc1.O=C(c1ccc(N2CCCNCC2)cc1)C1(N2CCCNCC2)CCCCC1.O=C(c1ccc(N2CCNCC2)cc1)C1(N2CCNCC2)CCCC1. The summed E-state index contributed by atoms with van der Waals surface area (Å²) < 4.78 is 5.41. The van der Waals surface area contributed by atoms with Crippen LogP contribution in [0.5, 0.6) is 0 Å². The van der Waals surface area contributed by atoms with Gasteiger partial charge < -0.3 is 77.1 Å². The van der Waals surface area contributed by atoms with E-state index in [2.05, 4.69) is 214 Å². The Morgan fingerprint density at radius 1 is 0.315 bits per heavy atom. The van der Waals surface area contributed by atoms with Gasteiger partial charge in [0.25, 0.3) is 0 Å². The average molecular weight is 2040 g/mol. The minimum atomic E-state index is -0.488. The molecule has 6 aromatic rings. The average Bonchev–Trinajstić information content (AvgIpc) is 1.59. The molecule has 2 saturated carbocycles. The van der Waals surface area contributed by atoms with Gasteiger partial charge in [0.1, 0.15) is 0 Å². The number of benzene rings is 6. The number of nitrogens with zero attached hydrogens (tertiary/aromatic N) is 11. The van der Waals surface area contributed by atoms with Crippen molar-refractivity contribution in [3.63, 3.8) is 0 Å². The Bertz CT molecular complexity index is 4930. The van der Waals surface area contributed by atoms with Crippen LogP contribution in [0.25, 0.3) is 0 Å². The number of piperazine rings is 5. The van der Waals surface area contributed by atoms with Gasteiger partial charge in [-0.05, 0) is 272 Å². The van der Waals surface area contributed by atoms with Gasteiger partial charge in [-0.25, -0.2) is 0 Å². The molecular weight excluding hydrogens is 1860 g/mol. The molecule has 13 fully saturated rings. The number of rotatable bonds is 27. The lowest BCUT2D eigenvalue weighted by atomic mass is 9.75. The Hall–Kier alpha value is -7.86. The summed E-state index contributed by atoms with van der Waals surface area (Å²) in [7, 11) is 0. The van der Waals surface area contributed by atoms with Crippen LogP contribution < -0.4 is 72.4 Å². The number of ketones is 6. The number of anilines is 5. The van der Waals surface area contributed by atoms with Crippen LogP contribution >= 0.6 is 23.5 Å². The highest BCUT2D eigenvalue weighted by Crippen LogP contribution is 2.42. The minimum absolute atomic E-state index is 0.188. The molecule has 1 atom stereocenters. The number of Topliss-reactive ketones (excluding diaryl/α,β-unsaturated/α-hetero) is 6. The predicted molar refractivity (Wildman–Crippen MR) is 606 cm³/mol. The maximum Gasteiger partial charge on any atom is 0.183 e. The number of nitrogens with one attached hydrogen (secondary N) is 9. The number of ether oxygens (including phenoxy) is 1. The highest BCUT2D eigenvalue weighted by atomic mass is 32.2. The second-order valence-corrected chi connectivity index (χ2v) is 45.2. The number of hydrogen-bond acceptors (Lipinski definition) is 29. The van der Waals surface area contributed by atoms with Gasteiger partial charge in [-0.3, -0.25) is 58.2 Å². The van der Waals surface area contributed by atoms with E-state index < -0.39 is 22.2 Å². The predicted octanol–water partition coefficient (Wildman–Crippen LogP) is 12.6. The Labute approximate surface area is 883 Å². The van der Waals surface area contributed by atoms with E-state index in [0.29, 0.717) is 31.2 Å². The van der Waals surface area contributed by atoms with E-state index in [1.165, 1.54) is 71.9 Å². The topological polar surface area (TPSA) is 256 Å². The molecule has 0 bridgehead atoms. The van der Waals surface area contributed by atoms with Crippen molar-refractivity contribution in [2.24, 2.45) is 0 Å². The fourth-order valence-electron chi connectivity index (χ4n) is 23.8. The summed E-state index contributed by atoms with van der Waals surface area (Å²) in [6.45, 7) is 59.8. The molecule has 2 aliphatic carbocycles. The summed E-state index contributed by atoms with van der Waals surface area (Å²) >= 11 is 3.67.